The van der Waals surface area contributed by atoms with Gasteiger partial charge in [0.2, 0.25) is 10.0 Å². The topological polar surface area (TPSA) is 88.1 Å². The van der Waals surface area contributed by atoms with Crippen LogP contribution in [-0.2, 0) is 14.8 Å². The van der Waals surface area contributed by atoms with Crippen LogP contribution in [0.2, 0.25) is 0 Å². The van der Waals surface area contributed by atoms with Gasteiger partial charge in [0.15, 0.2) is 0 Å². The summed E-state index contributed by atoms with van der Waals surface area (Å²) in [5, 5.41) is 4.05. The first-order chi connectivity index (χ1) is 11.5. The molecule has 1 N–H and O–H groups in total. The van der Waals surface area contributed by atoms with Crippen LogP contribution in [0.1, 0.15) is 34.6 Å². The highest BCUT2D eigenvalue weighted by molar-refractivity contribution is 7.92. The summed E-state index contributed by atoms with van der Waals surface area (Å²) in [6.45, 7) is 9.52. The highest BCUT2D eigenvalue weighted by atomic mass is 32.2. The number of amides is 1. The molecule has 0 aromatic heterocycles. The Morgan fingerprint density at radius 3 is 2.40 bits per heavy atom. The quantitative estimate of drug-likeness (QED) is 0.590. The molecule has 1 aromatic rings. The van der Waals surface area contributed by atoms with E-state index >= 15 is 0 Å². The maximum Gasteiger partial charge on any atom is 0.260 e. The van der Waals surface area contributed by atoms with Crippen LogP contribution in [0.4, 0.5) is 5.69 Å². The van der Waals surface area contributed by atoms with Gasteiger partial charge in [-0.1, -0.05) is 32.9 Å². The van der Waals surface area contributed by atoms with Gasteiger partial charge in [-0.3, -0.25) is 9.10 Å². The summed E-state index contributed by atoms with van der Waals surface area (Å²) in [6, 6.07) is 6.70. The molecule has 8 heteroatoms. The summed E-state index contributed by atoms with van der Waals surface area (Å²) < 4.78 is 30.8. The summed E-state index contributed by atoms with van der Waals surface area (Å²) in [5.41, 5.74) is 3.28. The molecule has 0 unspecified atom stereocenters. The van der Waals surface area contributed by atoms with Gasteiger partial charge in [-0.25, -0.2) is 13.8 Å². The Hall–Kier alpha value is -2.09. The lowest BCUT2D eigenvalue weighted by atomic mass is 9.91. The van der Waals surface area contributed by atoms with Gasteiger partial charge in [0.05, 0.1) is 18.6 Å². The van der Waals surface area contributed by atoms with Crippen LogP contribution in [0.3, 0.4) is 0 Å². The van der Waals surface area contributed by atoms with Crippen LogP contribution < -0.4 is 14.5 Å². The van der Waals surface area contributed by atoms with E-state index in [1.54, 1.807) is 38.1 Å². The van der Waals surface area contributed by atoms with E-state index in [1.165, 1.54) is 0 Å². The van der Waals surface area contributed by atoms with Crippen molar-refractivity contribution in [2.45, 2.75) is 34.6 Å². The number of ether oxygens (including phenoxy) is 1. The molecule has 7 nitrogen and oxygen atoms in total. The van der Waals surface area contributed by atoms with Gasteiger partial charge in [-0.15, -0.1) is 0 Å². The van der Waals surface area contributed by atoms with Gasteiger partial charge in [-0.05, 0) is 26.0 Å². The van der Waals surface area contributed by atoms with Crippen LogP contribution in [0.15, 0.2) is 29.4 Å². The average Bonchev–Trinajstić information content (AvgIpc) is 2.49. The average molecular weight is 369 g/mol. The molecule has 0 radical (unpaired) electrons. The molecular weight excluding hydrogens is 342 g/mol. The number of para-hydroxylation sites is 2. The fraction of sp³-hybridized carbons (Fsp3) is 0.529. The third-order valence-corrected chi connectivity index (χ3v) is 4.68. The fourth-order valence-corrected chi connectivity index (χ4v) is 2.66. The second-order valence-electron chi connectivity index (χ2n) is 6.65. The Labute approximate surface area is 150 Å². The molecule has 0 bridgehead atoms. The van der Waals surface area contributed by atoms with E-state index in [0.29, 0.717) is 18.0 Å². The molecule has 0 aliphatic rings. The molecule has 0 saturated carbocycles. The maximum absolute atomic E-state index is 12.2. The number of hydrogen-bond acceptors (Lipinski definition) is 5. The number of anilines is 1. The molecule has 1 rings (SSSR count). The molecule has 0 aliphatic carbocycles. The number of hydrazone groups is 1. The number of nitrogens with one attached hydrogen (secondary N) is 1. The van der Waals surface area contributed by atoms with Gasteiger partial charge in [0.1, 0.15) is 12.3 Å². The highest BCUT2D eigenvalue weighted by Gasteiger charge is 2.24. The lowest BCUT2D eigenvalue weighted by Gasteiger charge is -2.24. The number of sulfonamides is 1. The van der Waals surface area contributed by atoms with Crippen LogP contribution in [0.25, 0.3) is 0 Å². The number of rotatable bonds is 7. The van der Waals surface area contributed by atoms with E-state index in [1.807, 2.05) is 20.8 Å². The first-order valence-electron chi connectivity index (χ1n) is 8.00. The molecule has 1 aromatic carbocycles. The summed E-state index contributed by atoms with van der Waals surface area (Å²) in [4.78, 5) is 12.2. The van der Waals surface area contributed by atoms with Crippen LogP contribution in [-0.4, -0.2) is 39.4 Å². The van der Waals surface area contributed by atoms with Gasteiger partial charge in [-0.2, -0.15) is 5.10 Å². The molecule has 0 atom stereocenters. The van der Waals surface area contributed by atoms with Crippen molar-refractivity contribution in [1.82, 2.24) is 5.43 Å². The van der Waals surface area contributed by atoms with Crippen molar-refractivity contribution < 1.29 is 17.9 Å². The zero-order valence-electron chi connectivity index (χ0n) is 15.7. The third kappa shape index (κ3) is 6.38. The predicted octanol–water partition coefficient (Wildman–Crippen LogP) is 2.39. The molecule has 0 fully saturated rings. The van der Waals surface area contributed by atoms with E-state index in [-0.39, 0.29) is 12.0 Å². The Bertz CT molecular complexity index is 737. The van der Waals surface area contributed by atoms with Crippen molar-refractivity contribution in [1.29, 1.82) is 0 Å². The second kappa shape index (κ2) is 8.33. The molecule has 0 heterocycles. The largest absolute Gasteiger partial charge is 0.492 e. The summed E-state index contributed by atoms with van der Waals surface area (Å²) in [6.07, 6.45) is 1.05. The zero-order chi connectivity index (χ0) is 19.3. The van der Waals surface area contributed by atoms with E-state index in [4.69, 9.17) is 4.74 Å². The van der Waals surface area contributed by atoms with Crippen molar-refractivity contribution in [2.24, 2.45) is 10.5 Å². The van der Waals surface area contributed by atoms with Gasteiger partial charge < -0.3 is 4.74 Å². The minimum absolute atomic E-state index is 0.189. The van der Waals surface area contributed by atoms with Crippen molar-refractivity contribution in [3.63, 3.8) is 0 Å². The number of carbonyl (C=O) groups excluding carboxylic acids is 1. The number of carbonyl (C=O) groups is 1. The molecular formula is C17H27N3O4S. The van der Waals surface area contributed by atoms with E-state index < -0.39 is 15.9 Å². The van der Waals surface area contributed by atoms with E-state index in [0.717, 1.165) is 16.3 Å². The Kier molecular flexibility index (Phi) is 6.98. The molecule has 0 aliphatic heterocycles. The monoisotopic (exact) mass is 369 g/mol. The summed E-state index contributed by atoms with van der Waals surface area (Å²) in [7, 11) is -3.68. The summed E-state index contributed by atoms with van der Waals surface area (Å²) >= 11 is 0. The van der Waals surface area contributed by atoms with Crippen molar-refractivity contribution in [3.8, 4) is 5.75 Å². The molecule has 140 valence electrons. The predicted molar refractivity (Wildman–Crippen MR) is 101 cm³/mol. The number of benzene rings is 1. The smallest absolute Gasteiger partial charge is 0.260 e. The molecule has 0 spiro atoms. The van der Waals surface area contributed by atoms with Gasteiger partial charge in [0, 0.05) is 11.1 Å². The lowest BCUT2D eigenvalue weighted by molar-refractivity contribution is -0.119. The van der Waals surface area contributed by atoms with Crippen molar-refractivity contribution in [3.05, 3.63) is 24.3 Å². The molecule has 25 heavy (non-hydrogen) atoms. The van der Waals surface area contributed by atoms with Crippen LogP contribution in [0.5, 0.6) is 5.75 Å². The zero-order valence-corrected chi connectivity index (χ0v) is 16.5. The van der Waals surface area contributed by atoms with Crippen LogP contribution >= 0.6 is 0 Å². The first-order valence-corrected chi connectivity index (χ1v) is 9.84. The van der Waals surface area contributed by atoms with Crippen molar-refractivity contribution in [2.75, 3.05) is 23.7 Å². The standard InChI is InChI=1S/C17H27N3O4S/c1-7-24-15-11-9-8-10-14(15)20(25(6,22)23)12-16(21)19-18-13(2)17(3,4)5/h8-11H,7,12H2,1-6H3,(H,19,21)/b18-13-. The highest BCUT2D eigenvalue weighted by Crippen LogP contribution is 2.29. The first kappa shape index (κ1) is 21.0. The SMILES string of the molecule is CCOc1ccccc1N(CC(=O)N/N=C(/C)C(C)(C)C)S(C)(=O)=O. The molecule has 0 saturated heterocycles. The Balaban J connectivity index is 3.06. The van der Waals surface area contributed by atoms with E-state index in [9.17, 15) is 13.2 Å². The Morgan fingerprint density at radius 1 is 1.28 bits per heavy atom. The normalized spacial score (nSPS) is 12.6. The minimum Gasteiger partial charge on any atom is -0.492 e. The minimum atomic E-state index is -3.68. The Morgan fingerprint density at radius 2 is 1.88 bits per heavy atom. The molecule has 1 amide bonds. The second-order valence-corrected chi connectivity index (χ2v) is 8.56. The van der Waals surface area contributed by atoms with Crippen LogP contribution in [0, 0.1) is 5.41 Å². The fourth-order valence-electron chi connectivity index (χ4n) is 1.80. The lowest BCUT2D eigenvalue weighted by Crippen LogP contribution is -2.39. The van der Waals surface area contributed by atoms with Crippen molar-refractivity contribution >= 4 is 27.3 Å². The maximum atomic E-state index is 12.2. The summed E-state index contributed by atoms with van der Waals surface area (Å²) in [5.74, 6) is -0.127. The van der Waals surface area contributed by atoms with E-state index in [2.05, 4.69) is 10.5 Å². The van der Waals surface area contributed by atoms with Gasteiger partial charge >= 0.3 is 0 Å². The third-order valence-electron chi connectivity index (χ3n) is 3.56. The number of nitrogens with zero attached hydrogens (tertiary/aromatic N) is 2. The number of hydrogen-bond donors (Lipinski definition) is 1. The van der Waals surface area contributed by atoms with Gasteiger partial charge in [0.25, 0.3) is 5.91 Å².